The highest BCUT2D eigenvalue weighted by Gasteiger charge is 2.04. The summed E-state index contributed by atoms with van der Waals surface area (Å²) in [5, 5.41) is 2.83. The van der Waals surface area contributed by atoms with E-state index in [1.807, 2.05) is 45.9 Å². The van der Waals surface area contributed by atoms with Crippen LogP contribution in [0.2, 0.25) is 0 Å². The summed E-state index contributed by atoms with van der Waals surface area (Å²) in [6.45, 7) is 7.77. The van der Waals surface area contributed by atoms with Gasteiger partial charge in [-0.15, -0.1) is 0 Å². The molecule has 0 saturated carbocycles. The van der Waals surface area contributed by atoms with E-state index >= 15 is 0 Å². The van der Waals surface area contributed by atoms with Crippen molar-refractivity contribution in [3.8, 4) is 5.75 Å². The standard InChI is InChI=1S/C13H19NO2/c1-5-13(15)14-11-6-10(4)7-12(8-11)16-9(2)3/h6-9H,5H2,1-4H3,(H,14,15). The number of amides is 1. The lowest BCUT2D eigenvalue weighted by Crippen LogP contribution is -2.10. The van der Waals surface area contributed by atoms with Gasteiger partial charge in [-0.1, -0.05) is 6.92 Å². The van der Waals surface area contributed by atoms with E-state index in [0.29, 0.717) is 6.42 Å². The number of aryl methyl sites for hydroxylation is 1. The number of carbonyl (C=O) groups is 1. The van der Waals surface area contributed by atoms with Gasteiger partial charge in [0, 0.05) is 18.2 Å². The lowest BCUT2D eigenvalue weighted by Gasteiger charge is -2.12. The molecule has 0 heterocycles. The molecule has 0 aliphatic heterocycles. The van der Waals surface area contributed by atoms with Gasteiger partial charge in [0.05, 0.1) is 6.10 Å². The van der Waals surface area contributed by atoms with E-state index in [9.17, 15) is 4.79 Å². The Morgan fingerprint density at radius 3 is 2.62 bits per heavy atom. The van der Waals surface area contributed by atoms with Crippen molar-refractivity contribution < 1.29 is 9.53 Å². The largest absolute Gasteiger partial charge is 0.491 e. The van der Waals surface area contributed by atoms with Gasteiger partial charge in [-0.05, 0) is 38.5 Å². The highest BCUT2D eigenvalue weighted by molar-refractivity contribution is 5.90. The SMILES string of the molecule is CCC(=O)Nc1cc(C)cc(OC(C)C)c1. The van der Waals surface area contributed by atoms with Gasteiger partial charge in [0.1, 0.15) is 5.75 Å². The monoisotopic (exact) mass is 221 g/mol. The van der Waals surface area contributed by atoms with Gasteiger partial charge in [-0.2, -0.15) is 0 Å². The van der Waals surface area contributed by atoms with Crippen molar-refractivity contribution in [2.24, 2.45) is 0 Å². The lowest BCUT2D eigenvalue weighted by molar-refractivity contribution is -0.115. The predicted molar refractivity (Wildman–Crippen MR) is 65.9 cm³/mol. The Labute approximate surface area is 96.8 Å². The van der Waals surface area contributed by atoms with Crippen LogP contribution in [0.25, 0.3) is 0 Å². The third kappa shape index (κ3) is 3.93. The number of nitrogens with one attached hydrogen (secondary N) is 1. The number of rotatable bonds is 4. The lowest BCUT2D eigenvalue weighted by atomic mass is 10.2. The minimum absolute atomic E-state index is 0.0149. The number of ether oxygens (including phenoxy) is 1. The van der Waals surface area contributed by atoms with Crippen molar-refractivity contribution in [2.75, 3.05) is 5.32 Å². The number of hydrogen-bond acceptors (Lipinski definition) is 2. The fourth-order valence-corrected chi connectivity index (χ4v) is 1.41. The average Bonchev–Trinajstić information content (AvgIpc) is 2.15. The Bertz CT molecular complexity index is 372. The molecule has 0 fully saturated rings. The maximum absolute atomic E-state index is 11.3. The Morgan fingerprint density at radius 2 is 2.06 bits per heavy atom. The summed E-state index contributed by atoms with van der Waals surface area (Å²) in [6.07, 6.45) is 0.616. The Kier molecular flexibility index (Phi) is 4.35. The van der Waals surface area contributed by atoms with Crippen LogP contribution in [0.4, 0.5) is 5.69 Å². The molecule has 0 spiro atoms. The highest BCUT2D eigenvalue weighted by Crippen LogP contribution is 2.21. The molecule has 16 heavy (non-hydrogen) atoms. The Morgan fingerprint density at radius 1 is 1.38 bits per heavy atom. The minimum atomic E-state index is 0.0149. The summed E-state index contributed by atoms with van der Waals surface area (Å²) in [6, 6.07) is 5.74. The molecule has 88 valence electrons. The molecule has 0 unspecified atom stereocenters. The quantitative estimate of drug-likeness (QED) is 0.848. The molecule has 0 atom stereocenters. The van der Waals surface area contributed by atoms with E-state index in [2.05, 4.69) is 5.32 Å². The van der Waals surface area contributed by atoms with Gasteiger partial charge in [0.25, 0.3) is 0 Å². The van der Waals surface area contributed by atoms with Gasteiger partial charge < -0.3 is 10.1 Å². The molecule has 1 aromatic carbocycles. The summed E-state index contributed by atoms with van der Waals surface area (Å²) in [5.74, 6) is 0.808. The molecule has 1 aromatic rings. The molecule has 0 radical (unpaired) electrons. The second-order valence-corrected chi connectivity index (χ2v) is 4.10. The molecular formula is C13H19NO2. The predicted octanol–water partition coefficient (Wildman–Crippen LogP) is 3.13. The molecule has 3 nitrogen and oxygen atoms in total. The molecule has 1 rings (SSSR count). The first-order chi connectivity index (χ1) is 7.51. The number of benzene rings is 1. The Hall–Kier alpha value is -1.51. The van der Waals surface area contributed by atoms with Gasteiger partial charge in [-0.3, -0.25) is 4.79 Å². The van der Waals surface area contributed by atoms with Crippen LogP contribution < -0.4 is 10.1 Å². The summed E-state index contributed by atoms with van der Waals surface area (Å²) in [7, 11) is 0. The third-order valence-electron chi connectivity index (χ3n) is 2.03. The number of anilines is 1. The molecule has 0 aromatic heterocycles. The molecule has 0 saturated heterocycles. The topological polar surface area (TPSA) is 38.3 Å². The molecule has 3 heteroatoms. The van der Waals surface area contributed by atoms with E-state index < -0.39 is 0 Å². The second-order valence-electron chi connectivity index (χ2n) is 4.10. The van der Waals surface area contributed by atoms with E-state index in [1.54, 1.807) is 0 Å². The summed E-state index contributed by atoms with van der Waals surface area (Å²) in [4.78, 5) is 11.3. The Balaban J connectivity index is 2.85. The number of carbonyl (C=O) groups excluding carboxylic acids is 1. The van der Waals surface area contributed by atoms with Crippen LogP contribution in [-0.4, -0.2) is 12.0 Å². The van der Waals surface area contributed by atoms with Gasteiger partial charge in [-0.25, -0.2) is 0 Å². The molecular weight excluding hydrogens is 202 g/mol. The van der Waals surface area contributed by atoms with Crippen molar-refractivity contribution in [3.63, 3.8) is 0 Å². The summed E-state index contributed by atoms with van der Waals surface area (Å²) < 4.78 is 5.60. The van der Waals surface area contributed by atoms with E-state index in [4.69, 9.17) is 4.74 Å². The fourth-order valence-electron chi connectivity index (χ4n) is 1.41. The minimum Gasteiger partial charge on any atom is -0.491 e. The van der Waals surface area contributed by atoms with E-state index in [1.165, 1.54) is 0 Å². The second kappa shape index (κ2) is 5.54. The molecule has 1 amide bonds. The zero-order chi connectivity index (χ0) is 12.1. The molecule has 0 bridgehead atoms. The molecule has 1 N–H and O–H groups in total. The van der Waals surface area contributed by atoms with Crippen LogP contribution in [-0.2, 0) is 4.79 Å². The summed E-state index contributed by atoms with van der Waals surface area (Å²) in [5.41, 5.74) is 1.87. The van der Waals surface area contributed by atoms with Gasteiger partial charge in [0.15, 0.2) is 0 Å². The van der Waals surface area contributed by atoms with Gasteiger partial charge in [0.2, 0.25) is 5.91 Å². The zero-order valence-corrected chi connectivity index (χ0v) is 10.3. The van der Waals surface area contributed by atoms with Crippen LogP contribution in [0.15, 0.2) is 18.2 Å². The van der Waals surface area contributed by atoms with Crippen molar-refractivity contribution in [1.29, 1.82) is 0 Å². The highest BCUT2D eigenvalue weighted by atomic mass is 16.5. The zero-order valence-electron chi connectivity index (χ0n) is 10.3. The van der Waals surface area contributed by atoms with Crippen LogP contribution in [0.5, 0.6) is 5.75 Å². The maximum Gasteiger partial charge on any atom is 0.224 e. The maximum atomic E-state index is 11.3. The van der Waals surface area contributed by atoms with E-state index in [0.717, 1.165) is 17.0 Å². The van der Waals surface area contributed by atoms with Crippen molar-refractivity contribution >= 4 is 11.6 Å². The smallest absolute Gasteiger partial charge is 0.224 e. The van der Waals surface area contributed by atoms with Crippen LogP contribution in [0, 0.1) is 6.92 Å². The third-order valence-corrected chi connectivity index (χ3v) is 2.03. The first kappa shape index (κ1) is 12.6. The number of hydrogen-bond donors (Lipinski definition) is 1. The molecule has 0 aliphatic carbocycles. The molecule has 0 aliphatic rings. The van der Waals surface area contributed by atoms with Gasteiger partial charge >= 0.3 is 0 Å². The average molecular weight is 221 g/mol. The van der Waals surface area contributed by atoms with Crippen molar-refractivity contribution in [2.45, 2.75) is 40.2 Å². The van der Waals surface area contributed by atoms with Crippen molar-refractivity contribution in [3.05, 3.63) is 23.8 Å². The van der Waals surface area contributed by atoms with E-state index in [-0.39, 0.29) is 12.0 Å². The first-order valence-corrected chi connectivity index (χ1v) is 5.59. The first-order valence-electron chi connectivity index (χ1n) is 5.59. The van der Waals surface area contributed by atoms with Crippen LogP contribution in [0.1, 0.15) is 32.8 Å². The van der Waals surface area contributed by atoms with Crippen molar-refractivity contribution in [1.82, 2.24) is 0 Å². The van der Waals surface area contributed by atoms with Crippen LogP contribution in [0.3, 0.4) is 0 Å². The van der Waals surface area contributed by atoms with Crippen LogP contribution >= 0.6 is 0 Å². The summed E-state index contributed by atoms with van der Waals surface area (Å²) >= 11 is 0. The fraction of sp³-hybridized carbons (Fsp3) is 0.462. The normalized spacial score (nSPS) is 10.3.